The standard InChI is InChI=1S/C7H14O4/c1-7(11)5(9)2-4(8)3-6(7)10/h4-6,8-11H,2-3H2,1H3/t4?,5-,6-,7?/m1/s1. The molecule has 1 aliphatic carbocycles. The van der Waals surface area contributed by atoms with Crippen molar-refractivity contribution in [2.24, 2.45) is 0 Å². The first kappa shape index (κ1) is 8.93. The zero-order valence-electron chi connectivity index (χ0n) is 6.44. The van der Waals surface area contributed by atoms with Crippen molar-refractivity contribution in [3.63, 3.8) is 0 Å². The zero-order valence-corrected chi connectivity index (χ0v) is 6.44. The Hall–Kier alpha value is -0.160. The second-order valence-electron chi connectivity index (χ2n) is 3.38. The van der Waals surface area contributed by atoms with Gasteiger partial charge in [0.15, 0.2) is 0 Å². The summed E-state index contributed by atoms with van der Waals surface area (Å²) in [6, 6.07) is 0. The molecular formula is C7H14O4. The first-order valence-corrected chi connectivity index (χ1v) is 3.71. The minimum atomic E-state index is -1.47. The molecule has 0 aliphatic heterocycles. The number of hydrogen-bond acceptors (Lipinski definition) is 4. The quantitative estimate of drug-likeness (QED) is 0.353. The number of hydrogen-bond donors (Lipinski definition) is 4. The van der Waals surface area contributed by atoms with Gasteiger partial charge in [-0.25, -0.2) is 0 Å². The van der Waals surface area contributed by atoms with Crippen LogP contribution in [0.5, 0.6) is 0 Å². The molecule has 0 spiro atoms. The predicted molar refractivity (Wildman–Crippen MR) is 37.9 cm³/mol. The Morgan fingerprint density at radius 1 is 1.09 bits per heavy atom. The fourth-order valence-electron chi connectivity index (χ4n) is 1.31. The van der Waals surface area contributed by atoms with Crippen molar-refractivity contribution in [2.45, 2.75) is 43.7 Å². The van der Waals surface area contributed by atoms with Gasteiger partial charge in [-0.2, -0.15) is 0 Å². The molecule has 0 saturated heterocycles. The lowest BCUT2D eigenvalue weighted by atomic mass is 9.80. The smallest absolute Gasteiger partial charge is 0.114 e. The summed E-state index contributed by atoms with van der Waals surface area (Å²) >= 11 is 0. The van der Waals surface area contributed by atoms with Crippen LogP contribution in [-0.2, 0) is 0 Å². The Morgan fingerprint density at radius 2 is 1.45 bits per heavy atom. The van der Waals surface area contributed by atoms with E-state index >= 15 is 0 Å². The fourth-order valence-corrected chi connectivity index (χ4v) is 1.31. The van der Waals surface area contributed by atoms with Crippen LogP contribution in [0.25, 0.3) is 0 Å². The summed E-state index contributed by atoms with van der Waals surface area (Å²) in [6.45, 7) is 1.37. The molecular weight excluding hydrogens is 148 g/mol. The van der Waals surface area contributed by atoms with Gasteiger partial charge >= 0.3 is 0 Å². The molecule has 0 aromatic heterocycles. The Balaban J connectivity index is 2.67. The first-order valence-electron chi connectivity index (χ1n) is 3.71. The van der Waals surface area contributed by atoms with E-state index in [1.54, 1.807) is 0 Å². The summed E-state index contributed by atoms with van der Waals surface area (Å²) in [4.78, 5) is 0. The minimum Gasteiger partial charge on any atom is -0.393 e. The maximum atomic E-state index is 9.42. The number of aliphatic hydroxyl groups is 4. The topological polar surface area (TPSA) is 80.9 Å². The second kappa shape index (κ2) is 2.71. The van der Waals surface area contributed by atoms with E-state index in [0.717, 1.165) is 0 Å². The van der Waals surface area contributed by atoms with Gasteiger partial charge in [-0.05, 0) is 6.92 Å². The van der Waals surface area contributed by atoms with E-state index in [4.69, 9.17) is 5.11 Å². The van der Waals surface area contributed by atoms with Gasteiger partial charge in [0.2, 0.25) is 0 Å². The highest BCUT2D eigenvalue weighted by Crippen LogP contribution is 2.28. The fraction of sp³-hybridized carbons (Fsp3) is 1.00. The third kappa shape index (κ3) is 1.54. The van der Waals surface area contributed by atoms with Gasteiger partial charge in [0, 0.05) is 12.8 Å². The molecule has 0 aromatic rings. The molecule has 66 valence electrons. The molecule has 4 nitrogen and oxygen atoms in total. The third-order valence-electron chi connectivity index (χ3n) is 2.34. The van der Waals surface area contributed by atoms with Crippen molar-refractivity contribution >= 4 is 0 Å². The Bertz CT molecular complexity index is 131. The summed E-state index contributed by atoms with van der Waals surface area (Å²) in [6.07, 6.45) is -2.53. The summed E-state index contributed by atoms with van der Waals surface area (Å²) in [5.41, 5.74) is -1.47. The molecule has 4 N–H and O–H groups in total. The maximum absolute atomic E-state index is 9.42. The van der Waals surface area contributed by atoms with Gasteiger partial charge in [-0.1, -0.05) is 0 Å². The lowest BCUT2D eigenvalue weighted by molar-refractivity contribution is -0.177. The highest BCUT2D eigenvalue weighted by molar-refractivity contribution is 4.95. The van der Waals surface area contributed by atoms with Gasteiger partial charge in [-0.3, -0.25) is 0 Å². The average molecular weight is 162 g/mol. The van der Waals surface area contributed by atoms with Crippen LogP contribution in [0.1, 0.15) is 19.8 Å². The highest BCUT2D eigenvalue weighted by atomic mass is 16.4. The van der Waals surface area contributed by atoms with Crippen LogP contribution in [0.4, 0.5) is 0 Å². The summed E-state index contributed by atoms with van der Waals surface area (Å²) in [5.74, 6) is 0. The zero-order chi connectivity index (χ0) is 8.65. The largest absolute Gasteiger partial charge is 0.393 e. The van der Waals surface area contributed by atoms with E-state index < -0.39 is 23.9 Å². The molecule has 0 bridgehead atoms. The predicted octanol–water partition coefficient (Wildman–Crippen LogP) is -1.39. The van der Waals surface area contributed by atoms with E-state index in [0.29, 0.717) is 0 Å². The van der Waals surface area contributed by atoms with Gasteiger partial charge in [0.25, 0.3) is 0 Å². The van der Waals surface area contributed by atoms with Crippen molar-refractivity contribution in [3.8, 4) is 0 Å². The molecule has 1 saturated carbocycles. The van der Waals surface area contributed by atoms with Gasteiger partial charge in [0.1, 0.15) is 5.60 Å². The number of aliphatic hydroxyl groups excluding tert-OH is 3. The van der Waals surface area contributed by atoms with Crippen LogP contribution in [0.2, 0.25) is 0 Å². The Morgan fingerprint density at radius 3 is 1.82 bits per heavy atom. The van der Waals surface area contributed by atoms with E-state index in [1.165, 1.54) is 6.92 Å². The van der Waals surface area contributed by atoms with Crippen molar-refractivity contribution in [2.75, 3.05) is 0 Å². The summed E-state index contributed by atoms with van der Waals surface area (Å²) < 4.78 is 0. The molecule has 0 unspecified atom stereocenters. The average Bonchev–Trinajstić information content (AvgIpc) is 1.84. The van der Waals surface area contributed by atoms with Crippen molar-refractivity contribution in [1.29, 1.82) is 0 Å². The maximum Gasteiger partial charge on any atom is 0.114 e. The number of rotatable bonds is 0. The van der Waals surface area contributed by atoms with Crippen molar-refractivity contribution in [1.82, 2.24) is 0 Å². The molecule has 0 amide bonds. The molecule has 11 heavy (non-hydrogen) atoms. The molecule has 1 aliphatic rings. The Kier molecular flexibility index (Phi) is 2.20. The molecule has 2 atom stereocenters. The van der Waals surface area contributed by atoms with Crippen LogP contribution in [0.3, 0.4) is 0 Å². The summed E-state index contributed by atoms with van der Waals surface area (Å²) in [5, 5.41) is 36.9. The van der Waals surface area contributed by atoms with E-state index in [9.17, 15) is 15.3 Å². The molecule has 1 rings (SSSR count). The Labute approximate surface area is 65.1 Å². The lowest BCUT2D eigenvalue weighted by Gasteiger charge is -2.39. The van der Waals surface area contributed by atoms with Crippen LogP contribution in [-0.4, -0.2) is 44.3 Å². The monoisotopic (exact) mass is 162 g/mol. The molecule has 1 fully saturated rings. The molecule has 4 heteroatoms. The van der Waals surface area contributed by atoms with Gasteiger partial charge in [-0.15, -0.1) is 0 Å². The van der Waals surface area contributed by atoms with E-state index in [2.05, 4.69) is 0 Å². The molecule has 0 radical (unpaired) electrons. The molecule has 0 heterocycles. The third-order valence-corrected chi connectivity index (χ3v) is 2.34. The minimum absolute atomic E-state index is 0.129. The second-order valence-corrected chi connectivity index (χ2v) is 3.38. The van der Waals surface area contributed by atoms with Gasteiger partial charge in [0.05, 0.1) is 18.3 Å². The van der Waals surface area contributed by atoms with Crippen LogP contribution in [0, 0.1) is 0 Å². The normalized spacial score (nSPS) is 52.6. The van der Waals surface area contributed by atoms with E-state index in [-0.39, 0.29) is 12.8 Å². The first-order chi connectivity index (χ1) is 4.94. The van der Waals surface area contributed by atoms with Crippen molar-refractivity contribution < 1.29 is 20.4 Å². The van der Waals surface area contributed by atoms with Crippen molar-refractivity contribution in [3.05, 3.63) is 0 Å². The van der Waals surface area contributed by atoms with Crippen LogP contribution < -0.4 is 0 Å². The highest BCUT2D eigenvalue weighted by Gasteiger charge is 2.43. The van der Waals surface area contributed by atoms with E-state index in [1.807, 2.05) is 0 Å². The summed E-state index contributed by atoms with van der Waals surface area (Å²) in [7, 11) is 0. The van der Waals surface area contributed by atoms with Crippen LogP contribution in [0.15, 0.2) is 0 Å². The lowest BCUT2D eigenvalue weighted by Crippen LogP contribution is -2.55. The van der Waals surface area contributed by atoms with Gasteiger partial charge < -0.3 is 20.4 Å². The van der Waals surface area contributed by atoms with Crippen LogP contribution >= 0.6 is 0 Å². The molecule has 0 aromatic carbocycles. The SMILES string of the molecule is CC1(O)[C@H](O)CC(O)C[C@H]1O.